The Morgan fingerprint density at radius 2 is 1.90 bits per heavy atom. The van der Waals surface area contributed by atoms with Gasteiger partial charge in [0.2, 0.25) is 5.91 Å². The van der Waals surface area contributed by atoms with Crippen LogP contribution in [0.3, 0.4) is 0 Å². The molecule has 7 heteroatoms. The minimum absolute atomic E-state index is 0.0683. The first kappa shape index (κ1) is 14.5. The quantitative estimate of drug-likeness (QED) is 0.854. The molecule has 0 radical (unpaired) electrons. The van der Waals surface area contributed by atoms with E-state index in [1.54, 1.807) is 7.05 Å². The van der Waals surface area contributed by atoms with Gasteiger partial charge in [-0.25, -0.2) is 8.42 Å². The van der Waals surface area contributed by atoms with E-state index in [9.17, 15) is 18.0 Å². The van der Waals surface area contributed by atoms with Crippen LogP contribution in [0.1, 0.15) is 16.8 Å². The lowest BCUT2D eigenvalue weighted by Gasteiger charge is -2.12. The minimum Gasteiger partial charge on any atom is -0.355 e. The highest BCUT2D eigenvalue weighted by Crippen LogP contribution is 2.24. The van der Waals surface area contributed by atoms with Crippen LogP contribution in [0.2, 0.25) is 0 Å². The molecule has 1 N–H and O–H groups in total. The van der Waals surface area contributed by atoms with Gasteiger partial charge in [0.15, 0.2) is 9.84 Å². The lowest BCUT2D eigenvalue weighted by atomic mass is 10.2. The van der Waals surface area contributed by atoms with Gasteiger partial charge in [0.05, 0.1) is 4.90 Å². The number of benzene rings is 1. The van der Waals surface area contributed by atoms with Gasteiger partial charge in [0, 0.05) is 26.2 Å². The molecule has 0 bridgehead atoms. The molecular weight excluding hydrogens is 280 g/mol. The third-order valence-electron chi connectivity index (χ3n) is 3.43. The first-order valence-corrected chi connectivity index (χ1v) is 7.73. The number of rotatable bonds is 3. The fourth-order valence-electron chi connectivity index (χ4n) is 2.18. The molecule has 0 spiro atoms. The van der Waals surface area contributed by atoms with Crippen LogP contribution in [-0.4, -0.2) is 51.0 Å². The predicted octanol–water partition coefficient (Wildman–Crippen LogP) is 0.0506. The first-order valence-electron chi connectivity index (χ1n) is 6.19. The van der Waals surface area contributed by atoms with Crippen LogP contribution < -0.4 is 5.32 Å². The van der Waals surface area contributed by atoms with Crippen molar-refractivity contribution in [3.8, 4) is 0 Å². The summed E-state index contributed by atoms with van der Waals surface area (Å²) in [6.45, 7) is 0.444. The Kier molecular flexibility index (Phi) is 3.80. The van der Waals surface area contributed by atoms with Crippen molar-refractivity contribution in [1.82, 2.24) is 10.2 Å². The smallest absolute Gasteiger partial charge is 0.251 e. The Bertz CT molecular complexity index is 637. The van der Waals surface area contributed by atoms with E-state index in [4.69, 9.17) is 0 Å². The Balaban J connectivity index is 2.31. The number of sulfone groups is 1. The molecule has 2 amide bonds. The summed E-state index contributed by atoms with van der Waals surface area (Å²) in [5, 5.41) is 1.44. The lowest BCUT2D eigenvalue weighted by molar-refractivity contribution is -0.126. The van der Waals surface area contributed by atoms with Gasteiger partial charge in [0.25, 0.3) is 5.91 Å². The van der Waals surface area contributed by atoms with Gasteiger partial charge in [-0.2, -0.15) is 0 Å². The molecule has 0 aromatic heterocycles. The molecule has 1 unspecified atom stereocenters. The molecule has 1 aliphatic heterocycles. The number of hydrogen-bond acceptors (Lipinski definition) is 4. The van der Waals surface area contributed by atoms with Crippen molar-refractivity contribution in [2.75, 3.05) is 20.6 Å². The van der Waals surface area contributed by atoms with Crippen LogP contribution in [0, 0.1) is 0 Å². The van der Waals surface area contributed by atoms with Crippen molar-refractivity contribution in [3.63, 3.8) is 0 Å². The lowest BCUT2D eigenvalue weighted by Crippen LogP contribution is -2.31. The maximum Gasteiger partial charge on any atom is 0.251 e. The van der Waals surface area contributed by atoms with Crippen molar-refractivity contribution < 1.29 is 18.0 Å². The second-order valence-electron chi connectivity index (χ2n) is 4.69. The van der Waals surface area contributed by atoms with Gasteiger partial charge in [-0.05, 0) is 30.7 Å². The molecule has 1 aromatic carbocycles. The topological polar surface area (TPSA) is 83.6 Å². The normalized spacial score (nSPS) is 19.2. The van der Waals surface area contributed by atoms with E-state index < -0.39 is 15.1 Å². The SMILES string of the molecule is CNC(=O)c1ccc(S(=O)(=O)C2CCN(C)C2=O)cc1. The zero-order valence-electron chi connectivity index (χ0n) is 11.3. The van der Waals surface area contributed by atoms with Crippen molar-refractivity contribution in [2.24, 2.45) is 0 Å². The summed E-state index contributed by atoms with van der Waals surface area (Å²) >= 11 is 0. The average molecular weight is 296 g/mol. The molecule has 0 saturated carbocycles. The molecule has 1 saturated heterocycles. The van der Waals surface area contributed by atoms with Crippen LogP contribution in [0.5, 0.6) is 0 Å². The van der Waals surface area contributed by atoms with E-state index in [0.29, 0.717) is 18.5 Å². The maximum atomic E-state index is 12.4. The van der Waals surface area contributed by atoms with Crippen LogP contribution >= 0.6 is 0 Å². The van der Waals surface area contributed by atoms with Gasteiger partial charge in [-0.3, -0.25) is 9.59 Å². The minimum atomic E-state index is -3.69. The molecule has 0 aliphatic carbocycles. The van der Waals surface area contributed by atoms with Crippen molar-refractivity contribution in [2.45, 2.75) is 16.6 Å². The third kappa shape index (κ3) is 2.40. The summed E-state index contributed by atoms with van der Waals surface area (Å²) in [6, 6.07) is 5.61. The molecule has 1 atom stereocenters. The van der Waals surface area contributed by atoms with Crippen molar-refractivity contribution >= 4 is 21.7 Å². The summed E-state index contributed by atoms with van der Waals surface area (Å²) < 4.78 is 24.8. The number of carbonyl (C=O) groups excluding carboxylic acids is 2. The fourth-order valence-corrected chi connectivity index (χ4v) is 3.89. The highest BCUT2D eigenvalue weighted by atomic mass is 32.2. The highest BCUT2D eigenvalue weighted by Gasteiger charge is 2.40. The van der Waals surface area contributed by atoms with Gasteiger partial charge in [0.1, 0.15) is 5.25 Å². The Labute approximate surface area is 117 Å². The van der Waals surface area contributed by atoms with Crippen molar-refractivity contribution in [3.05, 3.63) is 29.8 Å². The summed E-state index contributed by atoms with van der Waals surface area (Å²) in [5.41, 5.74) is 0.376. The molecule has 1 fully saturated rings. The van der Waals surface area contributed by atoms with Crippen LogP contribution in [-0.2, 0) is 14.6 Å². The number of hydrogen-bond donors (Lipinski definition) is 1. The van der Waals surface area contributed by atoms with E-state index in [1.165, 1.54) is 36.2 Å². The number of nitrogens with zero attached hydrogens (tertiary/aromatic N) is 1. The van der Waals surface area contributed by atoms with Crippen LogP contribution in [0.4, 0.5) is 0 Å². The largest absolute Gasteiger partial charge is 0.355 e. The standard InChI is InChI=1S/C13H16N2O4S/c1-14-12(16)9-3-5-10(6-4-9)20(18,19)11-7-8-15(2)13(11)17/h3-6,11H,7-8H2,1-2H3,(H,14,16). The Morgan fingerprint density at radius 3 is 2.35 bits per heavy atom. The Morgan fingerprint density at radius 1 is 1.30 bits per heavy atom. The van der Waals surface area contributed by atoms with Gasteiger partial charge in [-0.1, -0.05) is 0 Å². The Hall–Kier alpha value is -1.89. The summed E-state index contributed by atoms with van der Waals surface area (Å²) in [4.78, 5) is 24.7. The molecule has 2 rings (SSSR count). The monoisotopic (exact) mass is 296 g/mol. The van der Waals surface area contributed by atoms with E-state index in [-0.39, 0.29) is 16.7 Å². The number of amides is 2. The summed E-state index contributed by atoms with van der Waals surface area (Å²) in [7, 11) is -0.603. The van der Waals surface area contributed by atoms with Gasteiger partial charge < -0.3 is 10.2 Å². The van der Waals surface area contributed by atoms with Crippen LogP contribution in [0.15, 0.2) is 29.2 Å². The third-order valence-corrected chi connectivity index (χ3v) is 5.54. The molecule has 20 heavy (non-hydrogen) atoms. The highest BCUT2D eigenvalue weighted by molar-refractivity contribution is 7.92. The average Bonchev–Trinajstić information content (AvgIpc) is 2.79. The van der Waals surface area contributed by atoms with Gasteiger partial charge in [-0.15, -0.1) is 0 Å². The zero-order valence-corrected chi connectivity index (χ0v) is 12.1. The molecule has 1 aliphatic rings. The summed E-state index contributed by atoms with van der Waals surface area (Å²) in [6.07, 6.45) is 0.300. The van der Waals surface area contributed by atoms with Gasteiger partial charge >= 0.3 is 0 Å². The second kappa shape index (κ2) is 5.24. The van der Waals surface area contributed by atoms with E-state index >= 15 is 0 Å². The van der Waals surface area contributed by atoms with E-state index in [2.05, 4.69) is 5.32 Å². The molecular formula is C13H16N2O4S. The molecule has 6 nitrogen and oxygen atoms in total. The molecule has 1 heterocycles. The summed E-state index contributed by atoms with van der Waals surface area (Å²) in [5.74, 6) is -0.661. The first-order chi connectivity index (χ1) is 9.37. The van der Waals surface area contributed by atoms with E-state index in [0.717, 1.165) is 0 Å². The zero-order chi connectivity index (χ0) is 14.9. The fraction of sp³-hybridized carbons (Fsp3) is 0.385. The van der Waals surface area contributed by atoms with Crippen LogP contribution in [0.25, 0.3) is 0 Å². The molecule has 1 aromatic rings. The number of likely N-dealkylation sites (tertiary alicyclic amines) is 1. The predicted molar refractivity (Wildman–Crippen MR) is 73.1 cm³/mol. The maximum absolute atomic E-state index is 12.4. The second-order valence-corrected chi connectivity index (χ2v) is 6.82. The number of carbonyl (C=O) groups is 2. The molecule has 108 valence electrons. The van der Waals surface area contributed by atoms with Crippen molar-refractivity contribution in [1.29, 1.82) is 0 Å². The number of nitrogens with one attached hydrogen (secondary N) is 1. The van der Waals surface area contributed by atoms with E-state index in [1.807, 2.05) is 0 Å².